The summed E-state index contributed by atoms with van der Waals surface area (Å²) < 4.78 is 11.3. The van der Waals surface area contributed by atoms with Crippen molar-refractivity contribution in [1.82, 2.24) is 0 Å². The first-order chi connectivity index (χ1) is 15.5. The van der Waals surface area contributed by atoms with Crippen molar-refractivity contribution in [2.75, 3.05) is 18.5 Å². The van der Waals surface area contributed by atoms with Crippen LogP contribution in [0.3, 0.4) is 0 Å². The molecule has 0 aliphatic rings. The van der Waals surface area contributed by atoms with E-state index in [2.05, 4.69) is 5.32 Å². The number of carbonyl (C=O) groups is 2. The van der Waals surface area contributed by atoms with Gasteiger partial charge in [-0.15, -0.1) is 0 Å². The van der Waals surface area contributed by atoms with Crippen LogP contribution in [0.4, 0.5) is 5.69 Å². The Bertz CT molecular complexity index is 1120. The first-order valence-electron chi connectivity index (χ1n) is 10.5. The van der Waals surface area contributed by atoms with Gasteiger partial charge in [-0.05, 0) is 62.2 Å². The van der Waals surface area contributed by atoms with Crippen molar-refractivity contribution in [3.8, 4) is 11.5 Å². The number of anilines is 1. The van der Waals surface area contributed by atoms with Crippen molar-refractivity contribution in [3.63, 3.8) is 0 Å². The fraction of sp³-hybridized carbons (Fsp3) is 0.185. The van der Waals surface area contributed by atoms with Crippen LogP contribution >= 0.6 is 0 Å². The van der Waals surface area contributed by atoms with Crippen LogP contribution in [-0.4, -0.2) is 24.9 Å². The van der Waals surface area contributed by atoms with Gasteiger partial charge in [0.25, 0.3) is 5.91 Å². The van der Waals surface area contributed by atoms with Crippen molar-refractivity contribution < 1.29 is 19.1 Å². The van der Waals surface area contributed by atoms with E-state index in [9.17, 15) is 9.59 Å². The van der Waals surface area contributed by atoms with Gasteiger partial charge in [0.1, 0.15) is 0 Å². The van der Waals surface area contributed by atoms with Crippen LogP contribution in [0.5, 0.6) is 11.5 Å². The van der Waals surface area contributed by atoms with Crippen LogP contribution in [0.15, 0.2) is 72.8 Å². The van der Waals surface area contributed by atoms with Gasteiger partial charge in [0.05, 0.1) is 6.61 Å². The number of ether oxygens (including phenoxy) is 2. The monoisotopic (exact) mass is 429 g/mol. The smallest absolute Gasteiger partial charge is 0.262 e. The number of rotatable bonds is 9. The number of hydrogen-bond donors (Lipinski definition) is 1. The Morgan fingerprint density at radius 1 is 0.906 bits per heavy atom. The lowest BCUT2D eigenvalue weighted by Crippen LogP contribution is -2.20. The number of amides is 1. The Labute approximate surface area is 188 Å². The Hall–Kier alpha value is -3.86. The molecule has 0 radical (unpaired) electrons. The molecule has 5 nitrogen and oxygen atoms in total. The summed E-state index contributed by atoms with van der Waals surface area (Å²) in [5.41, 5.74) is 4.26. The summed E-state index contributed by atoms with van der Waals surface area (Å²) in [4.78, 5) is 24.7. The Balaban J connectivity index is 1.67. The molecule has 1 N–H and O–H groups in total. The molecule has 3 aromatic carbocycles. The number of carbonyl (C=O) groups excluding carboxylic acids is 2. The summed E-state index contributed by atoms with van der Waals surface area (Å²) >= 11 is 0. The molecule has 0 saturated heterocycles. The summed E-state index contributed by atoms with van der Waals surface area (Å²) in [7, 11) is 0. The second-order valence-electron chi connectivity index (χ2n) is 7.36. The molecule has 3 aromatic rings. The van der Waals surface area contributed by atoms with Gasteiger partial charge in [-0.2, -0.15) is 0 Å². The number of nitrogens with one attached hydrogen (secondary N) is 1. The van der Waals surface area contributed by atoms with Crippen LogP contribution < -0.4 is 14.8 Å². The standard InChI is InChI=1S/C27H27NO4/c1-4-31-26-17-21(11-14-24(29)23-13-10-19(2)16-20(23)3)12-15-25(26)32-18-27(30)28-22-8-6-5-7-9-22/h5-17H,4,18H2,1-3H3,(H,28,30)/b14-11+. The molecule has 0 aliphatic carbocycles. The number of hydrogen-bond acceptors (Lipinski definition) is 4. The van der Waals surface area contributed by atoms with Gasteiger partial charge in [-0.1, -0.05) is 54.1 Å². The van der Waals surface area contributed by atoms with Gasteiger partial charge >= 0.3 is 0 Å². The molecule has 164 valence electrons. The van der Waals surface area contributed by atoms with Crippen molar-refractivity contribution >= 4 is 23.5 Å². The van der Waals surface area contributed by atoms with Crippen LogP contribution in [-0.2, 0) is 4.79 Å². The molecule has 0 aliphatic heterocycles. The SMILES string of the molecule is CCOc1cc(/C=C/C(=O)c2ccc(C)cc2C)ccc1OCC(=O)Nc1ccccc1. The predicted molar refractivity (Wildman–Crippen MR) is 127 cm³/mol. The number of ketones is 1. The van der Waals surface area contributed by atoms with E-state index in [0.717, 1.165) is 16.7 Å². The zero-order valence-corrected chi connectivity index (χ0v) is 18.6. The lowest BCUT2D eigenvalue weighted by Gasteiger charge is -2.13. The first-order valence-corrected chi connectivity index (χ1v) is 10.5. The third kappa shape index (κ3) is 6.32. The molecule has 0 heterocycles. The van der Waals surface area contributed by atoms with Gasteiger partial charge in [0.2, 0.25) is 0 Å². The average Bonchev–Trinajstić information content (AvgIpc) is 2.77. The van der Waals surface area contributed by atoms with E-state index in [1.54, 1.807) is 24.3 Å². The average molecular weight is 430 g/mol. The lowest BCUT2D eigenvalue weighted by molar-refractivity contribution is -0.118. The Morgan fingerprint density at radius 2 is 1.69 bits per heavy atom. The molecule has 5 heteroatoms. The highest BCUT2D eigenvalue weighted by Gasteiger charge is 2.10. The molecular weight excluding hydrogens is 402 g/mol. The number of benzene rings is 3. The maximum absolute atomic E-state index is 12.6. The zero-order chi connectivity index (χ0) is 22.9. The summed E-state index contributed by atoms with van der Waals surface area (Å²) in [5, 5.41) is 2.78. The number of aryl methyl sites for hydroxylation is 2. The minimum Gasteiger partial charge on any atom is -0.490 e. The Kier molecular flexibility index (Phi) is 7.81. The second kappa shape index (κ2) is 11.0. The minimum absolute atomic E-state index is 0.0571. The third-order valence-electron chi connectivity index (χ3n) is 4.76. The topological polar surface area (TPSA) is 64.6 Å². The molecule has 3 rings (SSSR count). The maximum Gasteiger partial charge on any atom is 0.262 e. The predicted octanol–water partition coefficient (Wildman–Crippen LogP) is 5.62. The van der Waals surface area contributed by atoms with Crippen LogP contribution in [0.1, 0.15) is 34.0 Å². The molecule has 0 saturated carbocycles. The molecule has 0 bridgehead atoms. The molecule has 0 spiro atoms. The molecular formula is C27H27NO4. The van der Waals surface area contributed by atoms with Crippen molar-refractivity contribution in [1.29, 1.82) is 0 Å². The van der Waals surface area contributed by atoms with Crippen molar-refractivity contribution in [2.24, 2.45) is 0 Å². The summed E-state index contributed by atoms with van der Waals surface area (Å²) in [6.45, 7) is 6.11. The molecule has 32 heavy (non-hydrogen) atoms. The second-order valence-corrected chi connectivity index (χ2v) is 7.36. The largest absolute Gasteiger partial charge is 0.490 e. The molecule has 0 aromatic heterocycles. The summed E-state index contributed by atoms with van der Waals surface area (Å²) in [6.07, 6.45) is 3.30. The molecule has 0 unspecified atom stereocenters. The van der Waals surface area contributed by atoms with E-state index in [1.807, 2.05) is 75.4 Å². The fourth-order valence-corrected chi connectivity index (χ4v) is 3.23. The Morgan fingerprint density at radius 3 is 2.41 bits per heavy atom. The highest BCUT2D eigenvalue weighted by atomic mass is 16.5. The zero-order valence-electron chi connectivity index (χ0n) is 18.6. The van der Waals surface area contributed by atoms with Gasteiger partial charge in [0, 0.05) is 11.3 Å². The van der Waals surface area contributed by atoms with E-state index in [0.29, 0.717) is 29.4 Å². The van der Waals surface area contributed by atoms with Gasteiger partial charge in [0.15, 0.2) is 23.9 Å². The van der Waals surface area contributed by atoms with Gasteiger partial charge < -0.3 is 14.8 Å². The molecule has 0 atom stereocenters. The van der Waals surface area contributed by atoms with Crippen LogP contribution in [0, 0.1) is 13.8 Å². The maximum atomic E-state index is 12.6. The minimum atomic E-state index is -0.262. The van der Waals surface area contributed by atoms with E-state index in [1.165, 1.54) is 0 Å². The third-order valence-corrected chi connectivity index (χ3v) is 4.76. The van der Waals surface area contributed by atoms with Crippen LogP contribution in [0.2, 0.25) is 0 Å². The van der Waals surface area contributed by atoms with Gasteiger partial charge in [-0.25, -0.2) is 0 Å². The van der Waals surface area contributed by atoms with E-state index >= 15 is 0 Å². The summed E-state index contributed by atoms with van der Waals surface area (Å²) in [6, 6.07) is 20.3. The number of allylic oxidation sites excluding steroid dienone is 1. The first kappa shape index (κ1) is 22.8. The number of para-hydroxylation sites is 1. The van der Waals surface area contributed by atoms with E-state index < -0.39 is 0 Å². The van der Waals surface area contributed by atoms with E-state index in [-0.39, 0.29) is 18.3 Å². The summed E-state index contributed by atoms with van der Waals surface area (Å²) in [5.74, 6) is 0.661. The molecule has 0 fully saturated rings. The van der Waals surface area contributed by atoms with Crippen LogP contribution in [0.25, 0.3) is 6.08 Å². The fourth-order valence-electron chi connectivity index (χ4n) is 3.23. The quantitative estimate of drug-likeness (QED) is 0.354. The highest BCUT2D eigenvalue weighted by Crippen LogP contribution is 2.29. The highest BCUT2D eigenvalue weighted by molar-refractivity contribution is 6.07. The normalized spacial score (nSPS) is 10.7. The van der Waals surface area contributed by atoms with Crippen molar-refractivity contribution in [3.05, 3.63) is 95.1 Å². The lowest BCUT2D eigenvalue weighted by atomic mass is 10.0. The molecule has 1 amide bonds. The van der Waals surface area contributed by atoms with Crippen molar-refractivity contribution in [2.45, 2.75) is 20.8 Å². The van der Waals surface area contributed by atoms with Gasteiger partial charge in [-0.3, -0.25) is 9.59 Å². The van der Waals surface area contributed by atoms with E-state index in [4.69, 9.17) is 9.47 Å².